The normalized spacial score (nSPS) is 10.9. The lowest BCUT2D eigenvalue weighted by atomic mass is 10.2. The Morgan fingerprint density at radius 3 is 2.78 bits per heavy atom. The van der Waals surface area contributed by atoms with E-state index in [0.29, 0.717) is 6.54 Å². The van der Waals surface area contributed by atoms with E-state index in [2.05, 4.69) is 26.1 Å². The molecule has 0 aliphatic heterocycles. The third kappa shape index (κ3) is 5.12. The molecule has 100 valence electrons. The summed E-state index contributed by atoms with van der Waals surface area (Å²) < 4.78 is 0.746. The van der Waals surface area contributed by atoms with Crippen LogP contribution in [0.5, 0.6) is 0 Å². The maximum absolute atomic E-state index is 10.8. The highest BCUT2D eigenvalue weighted by atomic mass is 79.9. The Kier molecular flexibility index (Phi) is 6.24. The first-order chi connectivity index (χ1) is 8.52. The number of nitrogens with one attached hydrogen (secondary N) is 1. The van der Waals surface area contributed by atoms with Gasteiger partial charge in [0.15, 0.2) is 0 Å². The minimum atomic E-state index is -0.366. The first kappa shape index (κ1) is 15.1. The van der Waals surface area contributed by atoms with Crippen LogP contribution in [-0.2, 0) is 6.54 Å². The minimum absolute atomic E-state index is 0.128. The molecule has 1 aromatic carbocycles. The van der Waals surface area contributed by atoms with Gasteiger partial charge in [-0.1, -0.05) is 15.9 Å². The van der Waals surface area contributed by atoms with Gasteiger partial charge in [0.2, 0.25) is 0 Å². The Labute approximate surface area is 115 Å². The fraction of sp³-hybridized carbons (Fsp3) is 0.500. The van der Waals surface area contributed by atoms with Crippen LogP contribution >= 0.6 is 15.9 Å². The lowest BCUT2D eigenvalue weighted by molar-refractivity contribution is -0.385. The molecule has 0 unspecified atom stereocenters. The van der Waals surface area contributed by atoms with Crippen LogP contribution in [0.1, 0.15) is 12.0 Å². The summed E-state index contributed by atoms with van der Waals surface area (Å²) in [7, 11) is 3.94. The van der Waals surface area contributed by atoms with Gasteiger partial charge in [-0.2, -0.15) is 0 Å². The highest BCUT2D eigenvalue weighted by Crippen LogP contribution is 2.22. The van der Waals surface area contributed by atoms with E-state index in [4.69, 9.17) is 0 Å². The monoisotopic (exact) mass is 315 g/mol. The molecular weight excluding hydrogens is 298 g/mol. The molecule has 0 bridgehead atoms. The number of hydrogen-bond acceptors (Lipinski definition) is 4. The van der Waals surface area contributed by atoms with E-state index in [0.717, 1.165) is 29.5 Å². The van der Waals surface area contributed by atoms with Gasteiger partial charge in [-0.25, -0.2) is 0 Å². The number of halogens is 1. The van der Waals surface area contributed by atoms with Crippen LogP contribution in [0.25, 0.3) is 0 Å². The summed E-state index contributed by atoms with van der Waals surface area (Å²) in [4.78, 5) is 12.6. The van der Waals surface area contributed by atoms with Crippen molar-refractivity contribution in [3.8, 4) is 0 Å². The number of hydrogen-bond donors (Lipinski definition) is 1. The number of non-ortho nitro benzene ring substituents is 1. The molecule has 0 aromatic heterocycles. The van der Waals surface area contributed by atoms with Crippen LogP contribution in [0.4, 0.5) is 5.69 Å². The number of benzene rings is 1. The molecule has 0 aliphatic carbocycles. The molecular formula is C12H18BrN3O2. The van der Waals surface area contributed by atoms with Crippen molar-refractivity contribution in [3.63, 3.8) is 0 Å². The van der Waals surface area contributed by atoms with E-state index >= 15 is 0 Å². The fourth-order valence-corrected chi connectivity index (χ4v) is 2.28. The number of rotatable bonds is 7. The van der Waals surface area contributed by atoms with Crippen molar-refractivity contribution in [1.29, 1.82) is 0 Å². The number of nitro groups is 1. The molecule has 0 heterocycles. The van der Waals surface area contributed by atoms with Crippen molar-refractivity contribution in [3.05, 3.63) is 38.3 Å². The third-order valence-corrected chi connectivity index (χ3v) is 3.03. The van der Waals surface area contributed by atoms with Crippen molar-refractivity contribution in [1.82, 2.24) is 10.2 Å². The van der Waals surface area contributed by atoms with Gasteiger partial charge in [0, 0.05) is 23.2 Å². The predicted octanol–water partition coefficient (Wildman–Crippen LogP) is 2.40. The summed E-state index contributed by atoms with van der Waals surface area (Å²) in [5.41, 5.74) is 1.08. The molecule has 0 radical (unpaired) electrons. The van der Waals surface area contributed by atoms with Gasteiger partial charge in [-0.3, -0.25) is 10.1 Å². The van der Waals surface area contributed by atoms with Crippen molar-refractivity contribution in [2.45, 2.75) is 13.0 Å². The molecule has 0 saturated heterocycles. The van der Waals surface area contributed by atoms with Crippen LogP contribution in [0.15, 0.2) is 22.7 Å². The Morgan fingerprint density at radius 2 is 2.17 bits per heavy atom. The van der Waals surface area contributed by atoms with E-state index in [1.54, 1.807) is 6.07 Å². The highest BCUT2D eigenvalue weighted by molar-refractivity contribution is 9.10. The van der Waals surface area contributed by atoms with Crippen molar-refractivity contribution in [2.75, 3.05) is 27.2 Å². The van der Waals surface area contributed by atoms with E-state index in [9.17, 15) is 10.1 Å². The van der Waals surface area contributed by atoms with Crippen molar-refractivity contribution >= 4 is 21.6 Å². The molecule has 0 atom stereocenters. The zero-order valence-corrected chi connectivity index (χ0v) is 12.2. The molecule has 0 aliphatic rings. The molecule has 18 heavy (non-hydrogen) atoms. The second-order valence-electron chi connectivity index (χ2n) is 4.27. The van der Waals surface area contributed by atoms with Crippen LogP contribution < -0.4 is 5.32 Å². The lowest BCUT2D eigenvalue weighted by Gasteiger charge is -2.16. The molecule has 0 amide bonds. The quantitative estimate of drug-likeness (QED) is 0.477. The zero-order valence-electron chi connectivity index (χ0n) is 10.6. The van der Waals surface area contributed by atoms with Gasteiger partial charge < -0.3 is 10.2 Å². The molecule has 1 rings (SSSR count). The van der Waals surface area contributed by atoms with Crippen LogP contribution in [0.3, 0.4) is 0 Å². The van der Waals surface area contributed by atoms with E-state index < -0.39 is 0 Å². The molecule has 5 nitrogen and oxygen atoms in total. The van der Waals surface area contributed by atoms with Crippen LogP contribution in [0.2, 0.25) is 0 Å². The van der Waals surface area contributed by atoms with Gasteiger partial charge in [0.25, 0.3) is 5.69 Å². The fourth-order valence-electron chi connectivity index (χ4n) is 1.75. The second kappa shape index (κ2) is 7.45. The molecule has 6 heteroatoms. The summed E-state index contributed by atoms with van der Waals surface area (Å²) >= 11 is 3.30. The Morgan fingerprint density at radius 1 is 1.44 bits per heavy atom. The second-order valence-corrected chi connectivity index (χ2v) is 5.19. The van der Waals surface area contributed by atoms with Crippen LogP contribution in [0, 0.1) is 10.1 Å². The third-order valence-electron chi connectivity index (χ3n) is 2.57. The Hall–Kier alpha value is -0.980. The number of nitrogens with zero attached hydrogens (tertiary/aromatic N) is 2. The first-order valence-electron chi connectivity index (χ1n) is 5.80. The molecule has 1 aromatic rings. The maximum Gasteiger partial charge on any atom is 0.270 e. The molecule has 1 N–H and O–H groups in total. The first-order valence-corrected chi connectivity index (χ1v) is 6.59. The maximum atomic E-state index is 10.8. The average molecular weight is 316 g/mol. The SMILES string of the molecule is CNCCCN(C)Cc1cc(Br)cc([N+](=O)[O-])c1. The summed E-state index contributed by atoms with van der Waals surface area (Å²) in [6.07, 6.45) is 1.06. The summed E-state index contributed by atoms with van der Waals surface area (Å²) in [6.45, 7) is 2.65. The van der Waals surface area contributed by atoms with Crippen LogP contribution in [-0.4, -0.2) is 37.0 Å². The zero-order chi connectivity index (χ0) is 13.5. The topological polar surface area (TPSA) is 58.4 Å². The van der Waals surface area contributed by atoms with Gasteiger partial charge >= 0.3 is 0 Å². The van der Waals surface area contributed by atoms with Gasteiger partial charge in [0.1, 0.15) is 0 Å². The Bertz CT molecular complexity index is 412. The summed E-state index contributed by atoms with van der Waals surface area (Å²) in [5, 5.41) is 13.9. The van der Waals surface area contributed by atoms with Crippen molar-refractivity contribution in [2.24, 2.45) is 0 Å². The van der Waals surface area contributed by atoms with E-state index in [-0.39, 0.29) is 10.6 Å². The smallest absolute Gasteiger partial charge is 0.270 e. The largest absolute Gasteiger partial charge is 0.320 e. The standard InChI is InChI=1S/C12H18BrN3O2/c1-14-4-3-5-15(2)9-10-6-11(13)8-12(7-10)16(17)18/h6-8,14H,3-5,9H2,1-2H3. The van der Waals surface area contributed by atoms with Crippen molar-refractivity contribution < 1.29 is 4.92 Å². The van der Waals surface area contributed by atoms with E-state index in [1.165, 1.54) is 6.07 Å². The van der Waals surface area contributed by atoms with Gasteiger partial charge in [-0.15, -0.1) is 0 Å². The average Bonchev–Trinajstić information content (AvgIpc) is 2.28. The highest BCUT2D eigenvalue weighted by Gasteiger charge is 2.09. The van der Waals surface area contributed by atoms with Gasteiger partial charge in [-0.05, 0) is 45.2 Å². The van der Waals surface area contributed by atoms with E-state index in [1.807, 2.05) is 20.2 Å². The number of nitro benzene ring substituents is 1. The summed E-state index contributed by atoms with van der Waals surface area (Å²) in [5.74, 6) is 0. The molecule has 0 saturated carbocycles. The molecule has 0 spiro atoms. The van der Waals surface area contributed by atoms with Gasteiger partial charge in [0.05, 0.1) is 4.92 Å². The lowest BCUT2D eigenvalue weighted by Crippen LogP contribution is -2.22. The minimum Gasteiger partial charge on any atom is -0.320 e. The summed E-state index contributed by atoms with van der Waals surface area (Å²) in [6, 6.07) is 5.06. The molecule has 0 fully saturated rings. The predicted molar refractivity (Wildman–Crippen MR) is 75.7 cm³/mol. The Balaban J connectivity index is 2.63.